The molecule has 0 saturated carbocycles. The minimum atomic E-state index is -0.550. The molecule has 1 aromatic rings. The first-order valence-corrected chi connectivity index (χ1v) is 7.02. The van der Waals surface area contributed by atoms with E-state index in [9.17, 15) is 14.7 Å². The average Bonchev–Trinajstić information content (AvgIpc) is 2.97. The van der Waals surface area contributed by atoms with E-state index in [-0.39, 0.29) is 25.1 Å². The van der Waals surface area contributed by atoms with E-state index in [4.69, 9.17) is 5.73 Å². The standard InChI is InChI=1S/C12H17N3O3S/c13-11(18)9-3-5-19-12(9)14-10(17)6-15-4-1-2-8(15)7-16/h3,5,8,16H,1-2,4,6-7H2,(H2,13,18)(H,14,17)/t8-/m0/s1. The fourth-order valence-electron chi connectivity index (χ4n) is 2.26. The Morgan fingerprint density at radius 3 is 3.05 bits per heavy atom. The van der Waals surface area contributed by atoms with Crippen LogP contribution in [0.15, 0.2) is 11.4 Å². The van der Waals surface area contributed by atoms with Crippen molar-refractivity contribution in [2.24, 2.45) is 5.73 Å². The number of carbonyl (C=O) groups excluding carboxylic acids is 2. The van der Waals surface area contributed by atoms with Gasteiger partial charge in [-0.25, -0.2) is 0 Å². The van der Waals surface area contributed by atoms with Crippen LogP contribution in [-0.2, 0) is 4.79 Å². The molecule has 4 N–H and O–H groups in total. The third-order valence-corrected chi connectivity index (χ3v) is 4.07. The van der Waals surface area contributed by atoms with Gasteiger partial charge in [0.1, 0.15) is 5.00 Å². The van der Waals surface area contributed by atoms with Gasteiger partial charge >= 0.3 is 0 Å². The van der Waals surface area contributed by atoms with Crippen LogP contribution < -0.4 is 11.1 Å². The lowest BCUT2D eigenvalue weighted by atomic mass is 10.2. The predicted molar refractivity (Wildman–Crippen MR) is 73.1 cm³/mol. The minimum Gasteiger partial charge on any atom is -0.395 e. The number of aliphatic hydroxyl groups is 1. The number of amides is 2. The van der Waals surface area contributed by atoms with Gasteiger partial charge in [0.25, 0.3) is 5.91 Å². The Kier molecular flexibility index (Phi) is 4.52. The van der Waals surface area contributed by atoms with Gasteiger partial charge < -0.3 is 16.2 Å². The Morgan fingerprint density at radius 2 is 2.37 bits per heavy atom. The summed E-state index contributed by atoms with van der Waals surface area (Å²) in [7, 11) is 0. The van der Waals surface area contributed by atoms with Crippen molar-refractivity contribution in [1.82, 2.24) is 4.90 Å². The third-order valence-electron chi connectivity index (χ3n) is 3.24. The van der Waals surface area contributed by atoms with Crippen molar-refractivity contribution >= 4 is 28.2 Å². The molecule has 6 nitrogen and oxygen atoms in total. The highest BCUT2D eigenvalue weighted by Crippen LogP contribution is 2.23. The zero-order valence-corrected chi connectivity index (χ0v) is 11.3. The Balaban J connectivity index is 1.94. The second-order valence-electron chi connectivity index (χ2n) is 4.52. The second-order valence-corrected chi connectivity index (χ2v) is 5.44. The van der Waals surface area contributed by atoms with E-state index in [1.807, 2.05) is 4.90 Å². The van der Waals surface area contributed by atoms with Gasteiger partial charge in [0.15, 0.2) is 0 Å². The molecule has 1 saturated heterocycles. The van der Waals surface area contributed by atoms with E-state index < -0.39 is 5.91 Å². The first-order valence-electron chi connectivity index (χ1n) is 6.14. The topological polar surface area (TPSA) is 95.7 Å². The summed E-state index contributed by atoms with van der Waals surface area (Å²) >= 11 is 1.27. The molecule has 1 aliphatic rings. The first-order chi connectivity index (χ1) is 9.11. The number of thiophene rings is 1. The number of likely N-dealkylation sites (tertiary alicyclic amines) is 1. The van der Waals surface area contributed by atoms with Gasteiger partial charge in [0, 0.05) is 6.04 Å². The Morgan fingerprint density at radius 1 is 1.58 bits per heavy atom. The molecule has 1 fully saturated rings. The van der Waals surface area contributed by atoms with Crippen molar-refractivity contribution in [2.75, 3.05) is 25.0 Å². The zero-order chi connectivity index (χ0) is 13.8. The molecule has 0 spiro atoms. The highest BCUT2D eigenvalue weighted by atomic mass is 32.1. The summed E-state index contributed by atoms with van der Waals surface area (Å²) in [5.41, 5.74) is 5.55. The maximum Gasteiger partial charge on any atom is 0.251 e. The Hall–Kier alpha value is -1.44. The summed E-state index contributed by atoms with van der Waals surface area (Å²) in [5.74, 6) is -0.740. The summed E-state index contributed by atoms with van der Waals surface area (Å²) in [5, 5.41) is 14.1. The largest absolute Gasteiger partial charge is 0.395 e. The fourth-order valence-corrected chi connectivity index (χ4v) is 3.07. The van der Waals surface area contributed by atoms with Gasteiger partial charge in [-0.05, 0) is 30.8 Å². The lowest BCUT2D eigenvalue weighted by Crippen LogP contribution is -2.38. The van der Waals surface area contributed by atoms with E-state index in [0.29, 0.717) is 10.6 Å². The number of hydrogen-bond donors (Lipinski definition) is 3. The molecule has 2 amide bonds. The number of rotatable bonds is 5. The number of primary amides is 1. The maximum absolute atomic E-state index is 11.9. The van der Waals surface area contributed by atoms with Crippen LogP contribution >= 0.6 is 11.3 Å². The highest BCUT2D eigenvalue weighted by Gasteiger charge is 2.25. The van der Waals surface area contributed by atoms with E-state index >= 15 is 0 Å². The summed E-state index contributed by atoms with van der Waals surface area (Å²) in [6, 6.07) is 1.65. The molecule has 0 radical (unpaired) electrons. The number of carbonyl (C=O) groups is 2. The van der Waals surface area contributed by atoms with Crippen molar-refractivity contribution in [3.05, 3.63) is 17.0 Å². The van der Waals surface area contributed by atoms with Crippen molar-refractivity contribution in [2.45, 2.75) is 18.9 Å². The molecular weight excluding hydrogens is 266 g/mol. The van der Waals surface area contributed by atoms with Gasteiger partial charge in [-0.15, -0.1) is 11.3 Å². The average molecular weight is 283 g/mol. The van der Waals surface area contributed by atoms with Crippen LogP contribution in [0.25, 0.3) is 0 Å². The quantitative estimate of drug-likeness (QED) is 0.721. The molecule has 0 aliphatic carbocycles. The number of hydrogen-bond acceptors (Lipinski definition) is 5. The van der Waals surface area contributed by atoms with Crippen molar-refractivity contribution in [1.29, 1.82) is 0 Å². The summed E-state index contributed by atoms with van der Waals surface area (Å²) in [6.07, 6.45) is 1.90. The lowest BCUT2D eigenvalue weighted by molar-refractivity contribution is -0.117. The second kappa shape index (κ2) is 6.14. The van der Waals surface area contributed by atoms with Crippen LogP contribution in [-0.4, -0.2) is 47.6 Å². The van der Waals surface area contributed by atoms with Crippen LogP contribution in [0, 0.1) is 0 Å². The monoisotopic (exact) mass is 283 g/mol. The molecule has 104 valence electrons. The van der Waals surface area contributed by atoms with Crippen LogP contribution in [0.5, 0.6) is 0 Å². The fraction of sp³-hybridized carbons (Fsp3) is 0.500. The first kappa shape index (κ1) is 14.0. The van der Waals surface area contributed by atoms with E-state index in [0.717, 1.165) is 19.4 Å². The molecule has 0 bridgehead atoms. The van der Waals surface area contributed by atoms with E-state index in [2.05, 4.69) is 5.32 Å². The highest BCUT2D eigenvalue weighted by molar-refractivity contribution is 7.14. The molecule has 1 aromatic heterocycles. The number of nitrogens with two attached hydrogens (primary N) is 1. The molecular formula is C12H17N3O3S. The number of nitrogens with one attached hydrogen (secondary N) is 1. The number of anilines is 1. The van der Waals surface area contributed by atoms with Gasteiger partial charge in [0.2, 0.25) is 5.91 Å². The van der Waals surface area contributed by atoms with Gasteiger partial charge in [-0.3, -0.25) is 14.5 Å². The lowest BCUT2D eigenvalue weighted by Gasteiger charge is -2.21. The smallest absolute Gasteiger partial charge is 0.251 e. The molecule has 2 heterocycles. The van der Waals surface area contributed by atoms with Crippen LogP contribution in [0.2, 0.25) is 0 Å². The summed E-state index contributed by atoms with van der Waals surface area (Å²) in [6.45, 7) is 1.10. The molecule has 1 atom stereocenters. The Labute approximate surface area is 115 Å². The molecule has 2 rings (SSSR count). The molecule has 19 heavy (non-hydrogen) atoms. The predicted octanol–water partition coefficient (Wildman–Crippen LogP) is 0.242. The van der Waals surface area contributed by atoms with E-state index in [1.165, 1.54) is 11.3 Å². The molecule has 7 heteroatoms. The summed E-state index contributed by atoms with van der Waals surface area (Å²) < 4.78 is 0. The molecule has 1 aliphatic heterocycles. The van der Waals surface area contributed by atoms with Gasteiger partial charge in [0.05, 0.1) is 18.7 Å². The normalized spacial score (nSPS) is 19.5. The van der Waals surface area contributed by atoms with Gasteiger partial charge in [-0.2, -0.15) is 0 Å². The minimum absolute atomic E-state index is 0.0599. The van der Waals surface area contributed by atoms with Crippen LogP contribution in [0.1, 0.15) is 23.2 Å². The van der Waals surface area contributed by atoms with Gasteiger partial charge in [-0.1, -0.05) is 0 Å². The maximum atomic E-state index is 11.9. The molecule has 0 unspecified atom stereocenters. The summed E-state index contributed by atoms with van der Waals surface area (Å²) in [4.78, 5) is 25.0. The third kappa shape index (κ3) is 3.31. The Bertz CT molecular complexity index is 475. The molecule has 0 aromatic carbocycles. The zero-order valence-electron chi connectivity index (χ0n) is 10.5. The van der Waals surface area contributed by atoms with Crippen molar-refractivity contribution < 1.29 is 14.7 Å². The number of nitrogens with zero attached hydrogens (tertiary/aromatic N) is 1. The number of aliphatic hydroxyl groups excluding tert-OH is 1. The van der Waals surface area contributed by atoms with Crippen LogP contribution in [0.4, 0.5) is 5.00 Å². The van der Waals surface area contributed by atoms with Crippen molar-refractivity contribution in [3.8, 4) is 0 Å². The van der Waals surface area contributed by atoms with Crippen LogP contribution in [0.3, 0.4) is 0 Å². The van der Waals surface area contributed by atoms with E-state index in [1.54, 1.807) is 11.4 Å². The SMILES string of the molecule is NC(=O)c1ccsc1NC(=O)CN1CCC[C@H]1CO. The van der Waals surface area contributed by atoms with Crippen molar-refractivity contribution in [3.63, 3.8) is 0 Å².